The minimum atomic E-state index is -0.374. The Labute approximate surface area is 130 Å². The van der Waals surface area contributed by atoms with E-state index in [1.807, 2.05) is 25.6 Å². The smallest absolute Gasteiger partial charge is 0.333 e. The van der Waals surface area contributed by atoms with Crippen molar-refractivity contribution in [2.75, 3.05) is 23.4 Å². The van der Waals surface area contributed by atoms with Crippen molar-refractivity contribution in [2.24, 2.45) is 0 Å². The van der Waals surface area contributed by atoms with Gasteiger partial charge in [0.2, 0.25) is 0 Å². The lowest BCUT2D eigenvalue weighted by atomic mass is 10.2. The highest BCUT2D eigenvalue weighted by molar-refractivity contribution is 7.99. The van der Waals surface area contributed by atoms with Gasteiger partial charge in [0, 0.05) is 6.04 Å². The highest BCUT2D eigenvalue weighted by Crippen LogP contribution is 2.35. The second-order valence-electron chi connectivity index (χ2n) is 4.79. The third-order valence-electron chi connectivity index (χ3n) is 2.94. The predicted octanol–water partition coefficient (Wildman–Crippen LogP) is 4.33. The van der Waals surface area contributed by atoms with Gasteiger partial charge >= 0.3 is 5.69 Å². The van der Waals surface area contributed by atoms with E-state index in [0.29, 0.717) is 18.0 Å². The van der Waals surface area contributed by atoms with Crippen LogP contribution in [0.1, 0.15) is 33.6 Å². The first-order valence-electron chi connectivity index (χ1n) is 7.34. The zero-order chi connectivity index (χ0) is 15.7. The maximum atomic E-state index is 11.3. The van der Waals surface area contributed by atoms with Gasteiger partial charge in [-0.2, -0.15) is 11.8 Å². The summed E-state index contributed by atoms with van der Waals surface area (Å²) < 4.78 is 5.48. The van der Waals surface area contributed by atoms with E-state index in [4.69, 9.17) is 4.74 Å². The monoisotopic (exact) mass is 312 g/mol. The first-order valence-corrected chi connectivity index (χ1v) is 8.50. The van der Waals surface area contributed by atoms with Gasteiger partial charge in [-0.25, -0.2) is 0 Å². The van der Waals surface area contributed by atoms with Crippen molar-refractivity contribution in [2.45, 2.75) is 39.7 Å². The molecule has 1 aromatic rings. The lowest BCUT2D eigenvalue weighted by molar-refractivity contribution is -0.385. The Morgan fingerprint density at radius 3 is 2.81 bits per heavy atom. The van der Waals surface area contributed by atoms with E-state index in [1.165, 1.54) is 0 Å². The number of para-hydroxylation sites is 1. The van der Waals surface area contributed by atoms with Crippen LogP contribution < -0.4 is 10.1 Å². The molecule has 0 aliphatic heterocycles. The van der Waals surface area contributed by atoms with Crippen molar-refractivity contribution in [1.82, 2.24) is 0 Å². The summed E-state index contributed by atoms with van der Waals surface area (Å²) in [6.07, 6.45) is 1.79. The van der Waals surface area contributed by atoms with Crippen LogP contribution in [0.5, 0.6) is 5.75 Å². The van der Waals surface area contributed by atoms with Crippen molar-refractivity contribution in [3.05, 3.63) is 28.3 Å². The van der Waals surface area contributed by atoms with E-state index < -0.39 is 0 Å². The average molecular weight is 312 g/mol. The van der Waals surface area contributed by atoms with Crippen LogP contribution in [-0.2, 0) is 0 Å². The third-order valence-corrected chi connectivity index (χ3v) is 3.88. The van der Waals surface area contributed by atoms with E-state index in [9.17, 15) is 10.1 Å². The number of nitrogens with zero attached hydrogens (tertiary/aromatic N) is 1. The number of ether oxygens (including phenoxy) is 1. The number of thioether (sulfide) groups is 1. The molecule has 5 nitrogen and oxygen atoms in total. The maximum Gasteiger partial charge on any atom is 0.333 e. The van der Waals surface area contributed by atoms with Crippen molar-refractivity contribution in [1.29, 1.82) is 0 Å². The zero-order valence-corrected chi connectivity index (χ0v) is 13.7. The van der Waals surface area contributed by atoms with Gasteiger partial charge in [-0.1, -0.05) is 19.9 Å². The molecule has 0 heterocycles. The Morgan fingerprint density at radius 2 is 2.19 bits per heavy atom. The quantitative estimate of drug-likeness (QED) is 0.396. The molecule has 1 N–H and O–H groups in total. The summed E-state index contributed by atoms with van der Waals surface area (Å²) in [5.74, 6) is 2.47. The number of nitro groups is 1. The molecule has 21 heavy (non-hydrogen) atoms. The molecule has 1 aromatic carbocycles. The van der Waals surface area contributed by atoms with Crippen LogP contribution in [0.25, 0.3) is 0 Å². The molecular formula is C15H24N2O3S. The second-order valence-corrected chi connectivity index (χ2v) is 6.18. The van der Waals surface area contributed by atoms with E-state index in [1.54, 1.807) is 18.2 Å². The summed E-state index contributed by atoms with van der Waals surface area (Å²) in [5.41, 5.74) is 0.559. The Hall–Kier alpha value is -1.43. The first kappa shape index (κ1) is 17.6. The van der Waals surface area contributed by atoms with E-state index >= 15 is 0 Å². The number of nitrogens with one attached hydrogen (secondary N) is 1. The minimum Gasteiger partial charge on any atom is -0.487 e. The topological polar surface area (TPSA) is 64.4 Å². The molecule has 0 aliphatic rings. The molecule has 1 unspecified atom stereocenters. The molecule has 0 spiro atoms. The molecule has 6 heteroatoms. The van der Waals surface area contributed by atoms with Gasteiger partial charge in [0.05, 0.1) is 11.5 Å². The highest BCUT2D eigenvalue weighted by atomic mass is 32.2. The van der Waals surface area contributed by atoms with Crippen LogP contribution in [0, 0.1) is 10.1 Å². The van der Waals surface area contributed by atoms with Crippen LogP contribution >= 0.6 is 11.8 Å². The molecule has 118 valence electrons. The van der Waals surface area contributed by atoms with E-state index in [-0.39, 0.29) is 16.7 Å². The average Bonchev–Trinajstić information content (AvgIpc) is 2.45. The molecule has 0 saturated heterocycles. The minimum absolute atomic E-state index is 0.0287. The summed E-state index contributed by atoms with van der Waals surface area (Å²) in [7, 11) is 0. The lowest BCUT2D eigenvalue weighted by Gasteiger charge is -2.16. The standard InChI is InChI=1S/C15H24N2O3S/c1-4-10-20-14-8-6-7-13(15(14)17(18)19)16-12(3)9-11-21-5-2/h6-8,12,16H,4-5,9-11H2,1-3H3. The van der Waals surface area contributed by atoms with E-state index in [0.717, 1.165) is 24.3 Å². The summed E-state index contributed by atoms with van der Waals surface area (Å²) in [6.45, 7) is 6.62. The molecule has 0 amide bonds. The van der Waals surface area contributed by atoms with Gasteiger partial charge in [0.1, 0.15) is 5.69 Å². The number of hydrogen-bond acceptors (Lipinski definition) is 5. The predicted molar refractivity (Wildman–Crippen MR) is 89.6 cm³/mol. The molecule has 1 rings (SSSR count). The summed E-state index contributed by atoms with van der Waals surface area (Å²) in [4.78, 5) is 11.0. The molecule has 0 fully saturated rings. The van der Waals surface area contributed by atoms with Gasteiger partial charge in [-0.05, 0) is 43.4 Å². The molecule has 0 aliphatic carbocycles. The van der Waals surface area contributed by atoms with Crippen molar-refractivity contribution in [3.63, 3.8) is 0 Å². The van der Waals surface area contributed by atoms with Crippen LogP contribution in [0.4, 0.5) is 11.4 Å². The number of hydrogen-bond donors (Lipinski definition) is 1. The van der Waals surface area contributed by atoms with Gasteiger partial charge in [0.15, 0.2) is 5.75 Å². The third kappa shape index (κ3) is 5.83. The molecule has 0 radical (unpaired) electrons. The Morgan fingerprint density at radius 1 is 1.43 bits per heavy atom. The number of nitro benzene ring substituents is 1. The van der Waals surface area contributed by atoms with Gasteiger partial charge in [-0.3, -0.25) is 10.1 Å². The van der Waals surface area contributed by atoms with Crippen molar-refractivity contribution < 1.29 is 9.66 Å². The highest BCUT2D eigenvalue weighted by Gasteiger charge is 2.21. The Balaban J connectivity index is 2.82. The molecule has 1 atom stereocenters. The van der Waals surface area contributed by atoms with Crippen molar-refractivity contribution >= 4 is 23.1 Å². The van der Waals surface area contributed by atoms with Crippen LogP contribution in [0.15, 0.2) is 18.2 Å². The lowest BCUT2D eigenvalue weighted by Crippen LogP contribution is -2.17. The number of anilines is 1. The fraction of sp³-hybridized carbons (Fsp3) is 0.600. The Bertz CT molecular complexity index is 455. The first-order chi connectivity index (χ1) is 10.1. The van der Waals surface area contributed by atoms with Crippen LogP contribution in [0.2, 0.25) is 0 Å². The fourth-order valence-electron chi connectivity index (χ4n) is 1.90. The van der Waals surface area contributed by atoms with Gasteiger partial charge < -0.3 is 10.1 Å². The van der Waals surface area contributed by atoms with Gasteiger partial charge in [0.25, 0.3) is 0 Å². The summed E-state index contributed by atoms with van der Waals surface area (Å²) in [6, 6.07) is 5.36. The number of rotatable bonds is 10. The maximum absolute atomic E-state index is 11.3. The normalized spacial score (nSPS) is 12.0. The zero-order valence-electron chi connectivity index (χ0n) is 12.9. The molecule has 0 saturated carbocycles. The fourth-order valence-corrected chi connectivity index (χ4v) is 2.71. The second kappa shape index (κ2) is 9.50. The number of benzene rings is 1. The van der Waals surface area contributed by atoms with Gasteiger partial charge in [-0.15, -0.1) is 0 Å². The van der Waals surface area contributed by atoms with Crippen LogP contribution in [0.3, 0.4) is 0 Å². The molecular weight excluding hydrogens is 288 g/mol. The van der Waals surface area contributed by atoms with E-state index in [2.05, 4.69) is 12.2 Å². The summed E-state index contributed by atoms with van der Waals surface area (Å²) >= 11 is 1.87. The van der Waals surface area contributed by atoms with Crippen molar-refractivity contribution in [3.8, 4) is 5.75 Å². The van der Waals surface area contributed by atoms with Crippen LogP contribution in [-0.4, -0.2) is 29.1 Å². The largest absolute Gasteiger partial charge is 0.487 e. The molecule has 0 aromatic heterocycles. The summed E-state index contributed by atoms with van der Waals surface area (Å²) in [5, 5.41) is 14.6. The molecule has 0 bridgehead atoms. The SMILES string of the molecule is CCCOc1cccc(NC(C)CCSCC)c1[N+](=O)[O-]. The Kier molecular flexibility index (Phi) is 7.97.